The highest BCUT2D eigenvalue weighted by molar-refractivity contribution is 5.82. The van der Waals surface area contributed by atoms with Crippen LogP contribution in [0.1, 0.15) is 24.8 Å². The maximum atomic E-state index is 5.35. The highest BCUT2D eigenvalue weighted by Crippen LogP contribution is 2.32. The number of aliphatic imine (C=N–C) groups is 1. The topological polar surface area (TPSA) is 42.9 Å². The van der Waals surface area contributed by atoms with E-state index < -0.39 is 0 Å². The molecular weight excluding hydrogens is 216 g/mol. The largest absolute Gasteiger partial charge is 0.454 e. The Bertz CT molecular complexity index is 443. The fourth-order valence-corrected chi connectivity index (χ4v) is 2.10. The SMILES string of the molecule is c1cc2c(cc1CNC1=NCCCC1)OCO2. The molecule has 0 saturated carbocycles. The van der Waals surface area contributed by atoms with Crippen molar-refractivity contribution in [3.05, 3.63) is 23.8 Å². The van der Waals surface area contributed by atoms with Crippen LogP contribution < -0.4 is 14.8 Å². The summed E-state index contributed by atoms with van der Waals surface area (Å²) in [4.78, 5) is 4.47. The lowest BCUT2D eigenvalue weighted by Gasteiger charge is -2.14. The summed E-state index contributed by atoms with van der Waals surface area (Å²) in [6.07, 6.45) is 3.53. The highest BCUT2D eigenvalue weighted by Gasteiger charge is 2.13. The zero-order valence-corrected chi connectivity index (χ0v) is 9.74. The summed E-state index contributed by atoms with van der Waals surface area (Å²) in [5.74, 6) is 2.81. The number of ether oxygens (including phenoxy) is 2. The van der Waals surface area contributed by atoms with Crippen molar-refractivity contribution in [1.82, 2.24) is 5.32 Å². The molecule has 0 saturated heterocycles. The predicted octanol–water partition coefficient (Wildman–Crippen LogP) is 2.09. The number of nitrogens with zero attached hydrogens (tertiary/aromatic N) is 1. The monoisotopic (exact) mass is 232 g/mol. The van der Waals surface area contributed by atoms with Crippen LogP contribution in [0.4, 0.5) is 0 Å². The first-order valence-corrected chi connectivity index (χ1v) is 6.07. The third kappa shape index (κ3) is 2.35. The fourth-order valence-electron chi connectivity index (χ4n) is 2.10. The van der Waals surface area contributed by atoms with E-state index >= 15 is 0 Å². The Hall–Kier alpha value is -1.71. The average molecular weight is 232 g/mol. The van der Waals surface area contributed by atoms with Crippen molar-refractivity contribution in [2.24, 2.45) is 4.99 Å². The Morgan fingerprint density at radius 1 is 1.18 bits per heavy atom. The van der Waals surface area contributed by atoms with Crippen molar-refractivity contribution >= 4 is 5.84 Å². The lowest BCUT2D eigenvalue weighted by molar-refractivity contribution is 0.174. The van der Waals surface area contributed by atoms with E-state index in [2.05, 4.69) is 16.4 Å². The van der Waals surface area contributed by atoms with Crippen molar-refractivity contribution < 1.29 is 9.47 Å². The van der Waals surface area contributed by atoms with Gasteiger partial charge in [0.15, 0.2) is 11.5 Å². The summed E-state index contributed by atoms with van der Waals surface area (Å²) in [6.45, 7) is 2.10. The van der Waals surface area contributed by atoms with Crippen molar-refractivity contribution in [2.45, 2.75) is 25.8 Å². The van der Waals surface area contributed by atoms with Crippen LogP contribution in [-0.2, 0) is 6.54 Å². The molecule has 1 aromatic rings. The number of benzene rings is 1. The molecule has 2 aliphatic rings. The molecule has 90 valence electrons. The van der Waals surface area contributed by atoms with Crippen LogP contribution in [0.2, 0.25) is 0 Å². The van der Waals surface area contributed by atoms with E-state index in [0.717, 1.165) is 36.8 Å². The smallest absolute Gasteiger partial charge is 0.231 e. The van der Waals surface area contributed by atoms with Crippen LogP contribution in [0.3, 0.4) is 0 Å². The number of fused-ring (bicyclic) bond motifs is 1. The van der Waals surface area contributed by atoms with Gasteiger partial charge in [0.2, 0.25) is 6.79 Å². The fraction of sp³-hybridized carbons (Fsp3) is 0.462. The molecule has 0 radical (unpaired) electrons. The van der Waals surface area contributed by atoms with Crippen LogP contribution >= 0.6 is 0 Å². The number of rotatable bonds is 2. The van der Waals surface area contributed by atoms with Gasteiger partial charge in [-0.05, 0) is 30.5 Å². The van der Waals surface area contributed by atoms with Gasteiger partial charge in [0.05, 0.1) is 5.84 Å². The van der Waals surface area contributed by atoms with Gasteiger partial charge in [-0.2, -0.15) is 0 Å². The second-order valence-electron chi connectivity index (χ2n) is 4.33. The molecule has 4 nitrogen and oxygen atoms in total. The van der Waals surface area contributed by atoms with Gasteiger partial charge in [-0.1, -0.05) is 6.07 Å². The van der Waals surface area contributed by atoms with E-state index in [1.165, 1.54) is 18.4 Å². The molecule has 0 spiro atoms. The summed E-state index contributed by atoms with van der Waals surface area (Å²) in [5, 5.41) is 3.38. The molecule has 0 fully saturated rings. The molecule has 0 aliphatic carbocycles. The van der Waals surface area contributed by atoms with Crippen LogP contribution in [0, 0.1) is 0 Å². The molecule has 1 aromatic carbocycles. The first-order chi connectivity index (χ1) is 8.42. The maximum Gasteiger partial charge on any atom is 0.231 e. The second-order valence-corrected chi connectivity index (χ2v) is 4.33. The Kier molecular flexibility index (Phi) is 2.86. The third-order valence-electron chi connectivity index (χ3n) is 3.06. The lowest BCUT2D eigenvalue weighted by Crippen LogP contribution is -2.25. The van der Waals surface area contributed by atoms with Crippen molar-refractivity contribution in [3.8, 4) is 11.5 Å². The van der Waals surface area contributed by atoms with Crippen molar-refractivity contribution in [1.29, 1.82) is 0 Å². The molecule has 0 atom stereocenters. The second kappa shape index (κ2) is 4.65. The summed E-state index contributed by atoms with van der Waals surface area (Å²) in [6, 6.07) is 6.05. The number of amidine groups is 1. The summed E-state index contributed by atoms with van der Waals surface area (Å²) >= 11 is 0. The highest BCUT2D eigenvalue weighted by atomic mass is 16.7. The molecule has 0 aromatic heterocycles. The first kappa shape index (κ1) is 10.4. The molecule has 2 heterocycles. The first-order valence-electron chi connectivity index (χ1n) is 6.07. The molecule has 3 rings (SSSR count). The minimum atomic E-state index is 0.332. The van der Waals surface area contributed by atoms with Gasteiger partial charge in [-0.15, -0.1) is 0 Å². The Morgan fingerprint density at radius 3 is 3.00 bits per heavy atom. The molecule has 0 amide bonds. The summed E-state index contributed by atoms with van der Waals surface area (Å²) < 4.78 is 10.6. The quantitative estimate of drug-likeness (QED) is 0.849. The van der Waals surface area contributed by atoms with Crippen molar-refractivity contribution in [2.75, 3.05) is 13.3 Å². The summed E-state index contributed by atoms with van der Waals surface area (Å²) in [5.41, 5.74) is 1.20. The summed E-state index contributed by atoms with van der Waals surface area (Å²) in [7, 11) is 0. The van der Waals surface area contributed by atoms with Gasteiger partial charge >= 0.3 is 0 Å². The van der Waals surface area contributed by atoms with Gasteiger partial charge in [-0.3, -0.25) is 4.99 Å². The van der Waals surface area contributed by atoms with E-state index in [0.29, 0.717) is 6.79 Å². The zero-order valence-electron chi connectivity index (χ0n) is 9.74. The minimum absolute atomic E-state index is 0.332. The number of hydrogen-bond donors (Lipinski definition) is 1. The lowest BCUT2D eigenvalue weighted by atomic mass is 10.1. The zero-order chi connectivity index (χ0) is 11.5. The number of hydrogen-bond acceptors (Lipinski definition) is 4. The Labute approximate surface area is 101 Å². The van der Waals surface area contributed by atoms with E-state index in [4.69, 9.17) is 9.47 Å². The molecule has 0 unspecified atom stereocenters. The molecular formula is C13H16N2O2. The normalized spacial score (nSPS) is 17.8. The molecule has 4 heteroatoms. The average Bonchev–Trinajstić information content (AvgIpc) is 2.85. The van der Waals surface area contributed by atoms with Gasteiger partial charge in [0, 0.05) is 19.5 Å². The standard InChI is InChI=1S/C13H16N2O2/c1-2-6-14-13(3-1)15-8-10-4-5-11-12(7-10)17-9-16-11/h4-5,7H,1-3,6,8-9H2,(H,14,15). The van der Waals surface area contributed by atoms with Gasteiger partial charge in [-0.25, -0.2) is 0 Å². The molecule has 1 N–H and O–H groups in total. The van der Waals surface area contributed by atoms with E-state index in [-0.39, 0.29) is 0 Å². The van der Waals surface area contributed by atoms with Gasteiger partial charge in [0.1, 0.15) is 0 Å². The van der Waals surface area contributed by atoms with E-state index in [1.807, 2.05) is 12.1 Å². The molecule has 17 heavy (non-hydrogen) atoms. The third-order valence-corrected chi connectivity index (χ3v) is 3.06. The van der Waals surface area contributed by atoms with E-state index in [9.17, 15) is 0 Å². The van der Waals surface area contributed by atoms with Gasteiger partial charge < -0.3 is 14.8 Å². The minimum Gasteiger partial charge on any atom is -0.454 e. The van der Waals surface area contributed by atoms with Crippen LogP contribution in [-0.4, -0.2) is 19.2 Å². The Morgan fingerprint density at radius 2 is 2.12 bits per heavy atom. The maximum absolute atomic E-state index is 5.35. The van der Waals surface area contributed by atoms with Crippen LogP contribution in [0.25, 0.3) is 0 Å². The van der Waals surface area contributed by atoms with Gasteiger partial charge in [0.25, 0.3) is 0 Å². The Balaban J connectivity index is 1.63. The molecule has 0 bridgehead atoms. The van der Waals surface area contributed by atoms with Crippen LogP contribution in [0.5, 0.6) is 11.5 Å². The molecule has 2 aliphatic heterocycles. The van der Waals surface area contributed by atoms with Crippen LogP contribution in [0.15, 0.2) is 23.2 Å². The predicted molar refractivity (Wildman–Crippen MR) is 65.6 cm³/mol. The number of nitrogens with one attached hydrogen (secondary N) is 1. The van der Waals surface area contributed by atoms with E-state index in [1.54, 1.807) is 0 Å². The van der Waals surface area contributed by atoms with Crippen molar-refractivity contribution in [3.63, 3.8) is 0 Å².